The first kappa shape index (κ1) is 27.3. The summed E-state index contributed by atoms with van der Waals surface area (Å²) < 4.78 is 34.1. The number of nitrogens with zero attached hydrogens (tertiary/aromatic N) is 3. The van der Waals surface area contributed by atoms with Crippen LogP contribution in [0, 0.1) is 6.92 Å². The van der Waals surface area contributed by atoms with Crippen LogP contribution in [0.5, 0.6) is 5.75 Å². The zero-order valence-corrected chi connectivity index (χ0v) is 21.5. The van der Waals surface area contributed by atoms with Crippen LogP contribution >= 0.6 is 0 Å². The summed E-state index contributed by atoms with van der Waals surface area (Å²) in [6.07, 6.45) is -1.06. The Morgan fingerprint density at radius 1 is 1.08 bits per heavy atom. The summed E-state index contributed by atoms with van der Waals surface area (Å²) in [6.45, 7) is 2.62. The highest BCUT2D eigenvalue weighted by Gasteiger charge is 2.31. The molecule has 1 atom stereocenters. The van der Waals surface area contributed by atoms with Gasteiger partial charge in [-0.05, 0) is 43.3 Å². The molecule has 0 aliphatic carbocycles. The number of amides is 2. The number of para-hydroxylation sites is 1. The molecule has 202 valence electrons. The number of benzene rings is 2. The van der Waals surface area contributed by atoms with E-state index in [4.69, 9.17) is 15.1 Å². The van der Waals surface area contributed by atoms with Crippen molar-refractivity contribution in [3.63, 3.8) is 0 Å². The number of aromatic nitrogens is 1. The van der Waals surface area contributed by atoms with E-state index in [0.29, 0.717) is 5.75 Å². The number of rotatable bonds is 9. The predicted octanol–water partition coefficient (Wildman–Crippen LogP) is 1.57. The molecule has 1 aliphatic heterocycles. The van der Waals surface area contributed by atoms with Crippen LogP contribution in [0.2, 0.25) is 0 Å². The summed E-state index contributed by atoms with van der Waals surface area (Å²) in [5.74, 6) is -0.310. The maximum atomic E-state index is 12.9. The van der Waals surface area contributed by atoms with Gasteiger partial charge in [-0.3, -0.25) is 19.9 Å². The number of hydrogen-bond acceptors (Lipinski definition) is 8. The summed E-state index contributed by atoms with van der Waals surface area (Å²) in [5.41, 5.74) is 4.26. The number of hydroxylamine groups is 1. The molecule has 0 unspecified atom stereocenters. The summed E-state index contributed by atoms with van der Waals surface area (Å²) in [4.78, 5) is 30.7. The summed E-state index contributed by atoms with van der Waals surface area (Å²) in [5, 5.41) is 19.2. The van der Waals surface area contributed by atoms with Gasteiger partial charge in [-0.1, -0.05) is 18.2 Å². The van der Waals surface area contributed by atoms with E-state index in [-0.39, 0.29) is 44.2 Å². The van der Waals surface area contributed by atoms with Crippen molar-refractivity contribution in [2.24, 2.45) is 0 Å². The fourth-order valence-corrected chi connectivity index (χ4v) is 5.39. The van der Waals surface area contributed by atoms with Crippen LogP contribution in [0.3, 0.4) is 0 Å². The number of hydrogen-bond donors (Lipinski definition) is 4. The Kier molecular flexibility index (Phi) is 8.42. The Labute approximate surface area is 219 Å². The number of sulfonamides is 1. The third kappa shape index (κ3) is 6.37. The zero-order chi connectivity index (χ0) is 27.3. The number of nitrogens with one attached hydrogen (secondary N) is 2. The Balaban J connectivity index is 1.39. The number of aryl methyl sites for hydroxylation is 1. The van der Waals surface area contributed by atoms with Gasteiger partial charge < -0.3 is 14.7 Å². The van der Waals surface area contributed by atoms with Gasteiger partial charge in [0.1, 0.15) is 18.4 Å². The molecule has 12 nitrogen and oxygen atoms in total. The van der Waals surface area contributed by atoms with E-state index in [2.05, 4.69) is 9.71 Å². The molecular weight excluding hydrogens is 514 g/mol. The van der Waals surface area contributed by atoms with Crippen molar-refractivity contribution in [1.82, 2.24) is 25.0 Å². The van der Waals surface area contributed by atoms with Crippen molar-refractivity contribution in [1.29, 1.82) is 0 Å². The average molecular weight is 544 g/mol. The first-order valence-electron chi connectivity index (χ1n) is 11.9. The Morgan fingerprint density at radius 2 is 1.76 bits per heavy atom. The Hall–Kier alpha value is -3.78. The standard InChI is InChI=1S/C25H29N5O7S/c1-17-14-18(21-4-2-3-5-22(21)27-17)16-37-19-6-8-20(9-7-19)38(35,36)26-15-23(24(31)28-34)29-10-12-30(13-11-29)25(32)33/h2-9,14,23,26,34H,10-13,15-16H2,1H3,(H,28,31)(H,32,33)/t23-/m0/s1. The molecule has 1 aromatic heterocycles. The van der Waals surface area contributed by atoms with Crippen LogP contribution in [0.15, 0.2) is 59.5 Å². The lowest BCUT2D eigenvalue weighted by molar-refractivity contribution is -0.135. The lowest BCUT2D eigenvalue weighted by atomic mass is 10.1. The van der Waals surface area contributed by atoms with Crippen LogP contribution < -0.4 is 14.9 Å². The molecule has 4 N–H and O–H groups in total. The quantitative estimate of drug-likeness (QED) is 0.232. The maximum Gasteiger partial charge on any atom is 0.407 e. The van der Waals surface area contributed by atoms with E-state index in [0.717, 1.165) is 22.2 Å². The van der Waals surface area contributed by atoms with Gasteiger partial charge in [0.05, 0.1) is 10.4 Å². The minimum atomic E-state index is -3.98. The largest absolute Gasteiger partial charge is 0.489 e. The normalized spacial score (nSPS) is 15.3. The highest BCUT2D eigenvalue weighted by Crippen LogP contribution is 2.22. The number of carbonyl (C=O) groups excluding carboxylic acids is 1. The van der Waals surface area contributed by atoms with Crippen LogP contribution in [-0.2, 0) is 21.4 Å². The molecule has 1 saturated heterocycles. The fraction of sp³-hybridized carbons (Fsp3) is 0.320. The van der Waals surface area contributed by atoms with E-state index < -0.39 is 28.1 Å². The molecule has 0 radical (unpaired) electrons. The van der Waals surface area contributed by atoms with Gasteiger partial charge >= 0.3 is 6.09 Å². The van der Waals surface area contributed by atoms with Crippen LogP contribution in [0.25, 0.3) is 10.9 Å². The van der Waals surface area contributed by atoms with E-state index in [1.54, 1.807) is 22.5 Å². The van der Waals surface area contributed by atoms with Crippen molar-refractivity contribution < 1.29 is 33.1 Å². The lowest BCUT2D eigenvalue weighted by Crippen LogP contribution is -2.58. The third-order valence-corrected chi connectivity index (χ3v) is 7.80. The second-order valence-electron chi connectivity index (χ2n) is 8.85. The number of carboxylic acid groups (broad SMARTS) is 1. The molecule has 3 aromatic rings. The molecule has 1 aliphatic rings. The minimum Gasteiger partial charge on any atom is -0.489 e. The SMILES string of the molecule is Cc1cc(COc2ccc(S(=O)(=O)NC[C@@H](C(=O)NO)N3CCN(C(=O)O)CC3)cc2)c2ccccc2n1. The molecular formula is C25H29N5O7S. The monoisotopic (exact) mass is 543 g/mol. The fourth-order valence-electron chi connectivity index (χ4n) is 4.35. The highest BCUT2D eigenvalue weighted by atomic mass is 32.2. The van der Waals surface area contributed by atoms with E-state index in [1.165, 1.54) is 17.0 Å². The molecule has 4 rings (SSSR count). The summed E-state index contributed by atoms with van der Waals surface area (Å²) >= 11 is 0. The second-order valence-corrected chi connectivity index (χ2v) is 10.6. The van der Waals surface area contributed by atoms with Crippen LogP contribution in [-0.4, -0.2) is 84.3 Å². The van der Waals surface area contributed by atoms with Crippen LogP contribution in [0.4, 0.5) is 4.79 Å². The van der Waals surface area contributed by atoms with Gasteiger partial charge in [0, 0.05) is 49.4 Å². The molecule has 1 fully saturated rings. The molecule has 38 heavy (non-hydrogen) atoms. The topological polar surface area (TPSA) is 161 Å². The molecule has 2 aromatic carbocycles. The zero-order valence-electron chi connectivity index (χ0n) is 20.7. The van der Waals surface area contributed by atoms with Gasteiger partial charge in [-0.2, -0.15) is 0 Å². The third-order valence-electron chi connectivity index (χ3n) is 6.36. The van der Waals surface area contributed by atoms with Crippen molar-refractivity contribution >= 4 is 32.9 Å². The van der Waals surface area contributed by atoms with Gasteiger partial charge in [-0.15, -0.1) is 0 Å². The first-order chi connectivity index (χ1) is 18.2. The van der Waals surface area contributed by atoms with Gasteiger partial charge in [0.25, 0.3) is 5.91 Å². The molecule has 13 heteroatoms. The van der Waals surface area contributed by atoms with E-state index in [9.17, 15) is 18.0 Å². The first-order valence-corrected chi connectivity index (χ1v) is 13.4. The molecule has 0 spiro atoms. The van der Waals surface area contributed by atoms with Gasteiger partial charge in [-0.25, -0.2) is 23.4 Å². The average Bonchev–Trinajstić information content (AvgIpc) is 2.92. The number of ether oxygens (including phenoxy) is 1. The minimum absolute atomic E-state index is 0.0195. The number of piperazine rings is 1. The Morgan fingerprint density at radius 3 is 2.42 bits per heavy atom. The molecule has 0 saturated carbocycles. The maximum absolute atomic E-state index is 12.9. The molecule has 0 bridgehead atoms. The van der Waals surface area contributed by atoms with Gasteiger partial charge in [0.2, 0.25) is 10.0 Å². The molecule has 2 heterocycles. The van der Waals surface area contributed by atoms with Gasteiger partial charge in [0.15, 0.2) is 0 Å². The summed E-state index contributed by atoms with van der Waals surface area (Å²) in [6, 6.07) is 14.6. The summed E-state index contributed by atoms with van der Waals surface area (Å²) in [7, 11) is -3.98. The van der Waals surface area contributed by atoms with E-state index in [1.807, 2.05) is 37.3 Å². The predicted molar refractivity (Wildman–Crippen MR) is 137 cm³/mol. The second kappa shape index (κ2) is 11.7. The number of fused-ring (bicyclic) bond motifs is 1. The Bertz CT molecular complexity index is 1410. The van der Waals surface area contributed by atoms with Crippen molar-refractivity contribution in [3.8, 4) is 5.75 Å². The molecule has 2 amide bonds. The van der Waals surface area contributed by atoms with E-state index >= 15 is 0 Å². The lowest BCUT2D eigenvalue weighted by Gasteiger charge is -2.37. The number of pyridine rings is 1. The van der Waals surface area contributed by atoms with Crippen LogP contribution in [0.1, 0.15) is 11.3 Å². The number of carbonyl (C=O) groups is 2. The van der Waals surface area contributed by atoms with Crippen molar-refractivity contribution in [2.75, 3.05) is 32.7 Å². The van der Waals surface area contributed by atoms with Crippen molar-refractivity contribution in [3.05, 3.63) is 65.9 Å². The smallest absolute Gasteiger partial charge is 0.407 e. The van der Waals surface area contributed by atoms with Crippen molar-refractivity contribution in [2.45, 2.75) is 24.5 Å². The highest BCUT2D eigenvalue weighted by molar-refractivity contribution is 7.89.